The second-order valence-electron chi connectivity index (χ2n) is 8.49. The van der Waals surface area contributed by atoms with Crippen molar-refractivity contribution in [3.63, 3.8) is 0 Å². The Morgan fingerprint density at radius 1 is 1.10 bits per heavy atom. The molecule has 2 aliphatic rings. The molecule has 1 aromatic carbocycles. The molecule has 0 atom stereocenters. The van der Waals surface area contributed by atoms with E-state index >= 15 is 0 Å². The molecule has 5 rings (SSSR count). The lowest BCUT2D eigenvalue weighted by atomic mass is 10.1. The van der Waals surface area contributed by atoms with Crippen LogP contribution in [0.2, 0.25) is 5.02 Å². The van der Waals surface area contributed by atoms with Crippen LogP contribution in [0.25, 0.3) is 11.0 Å². The minimum Gasteiger partial charge on any atom is -0.368 e. The van der Waals surface area contributed by atoms with Crippen molar-refractivity contribution in [2.45, 2.75) is 32.6 Å². The number of carbonyl (C=O) groups is 1. The van der Waals surface area contributed by atoms with E-state index in [4.69, 9.17) is 16.6 Å². The summed E-state index contributed by atoms with van der Waals surface area (Å²) in [4.78, 5) is 22.7. The van der Waals surface area contributed by atoms with Crippen molar-refractivity contribution in [1.82, 2.24) is 19.7 Å². The molecule has 0 spiro atoms. The van der Waals surface area contributed by atoms with Gasteiger partial charge in [0.1, 0.15) is 0 Å². The predicted octanol–water partition coefficient (Wildman–Crippen LogP) is 4.08. The number of anilines is 1. The number of benzene rings is 1. The number of pyridine rings is 1. The van der Waals surface area contributed by atoms with E-state index in [1.165, 1.54) is 5.56 Å². The molecule has 30 heavy (non-hydrogen) atoms. The average molecular weight is 424 g/mol. The highest BCUT2D eigenvalue weighted by Crippen LogP contribution is 2.40. The first kappa shape index (κ1) is 19.4. The summed E-state index contributed by atoms with van der Waals surface area (Å²) in [6.07, 6.45) is 2.31. The van der Waals surface area contributed by atoms with Crippen molar-refractivity contribution in [2.75, 3.05) is 31.1 Å². The largest absolute Gasteiger partial charge is 0.368 e. The predicted molar refractivity (Wildman–Crippen MR) is 120 cm³/mol. The van der Waals surface area contributed by atoms with E-state index < -0.39 is 0 Å². The summed E-state index contributed by atoms with van der Waals surface area (Å²) >= 11 is 6.21. The fourth-order valence-electron chi connectivity index (χ4n) is 4.47. The first-order chi connectivity index (χ1) is 14.4. The summed E-state index contributed by atoms with van der Waals surface area (Å²) < 4.78 is 1.80. The van der Waals surface area contributed by atoms with E-state index in [-0.39, 0.29) is 5.91 Å². The molecule has 0 radical (unpaired) electrons. The van der Waals surface area contributed by atoms with Gasteiger partial charge < -0.3 is 9.80 Å². The molecule has 1 saturated carbocycles. The van der Waals surface area contributed by atoms with Gasteiger partial charge in [-0.1, -0.05) is 17.7 Å². The fourth-order valence-corrected chi connectivity index (χ4v) is 4.63. The van der Waals surface area contributed by atoms with Crippen molar-refractivity contribution < 1.29 is 4.79 Å². The molecular weight excluding hydrogens is 398 g/mol. The van der Waals surface area contributed by atoms with E-state index in [0.717, 1.165) is 64.6 Å². The number of aryl methyl sites for hydroxylation is 3. The Hall–Kier alpha value is -2.60. The molecule has 1 aliphatic heterocycles. The van der Waals surface area contributed by atoms with Gasteiger partial charge in [-0.05, 0) is 50.5 Å². The third-order valence-corrected chi connectivity index (χ3v) is 6.53. The van der Waals surface area contributed by atoms with Crippen LogP contribution in [0.5, 0.6) is 0 Å². The van der Waals surface area contributed by atoms with Crippen LogP contribution in [0, 0.1) is 13.8 Å². The number of piperazine rings is 1. The molecule has 6 nitrogen and oxygen atoms in total. The number of amides is 1. The summed E-state index contributed by atoms with van der Waals surface area (Å²) in [5.41, 5.74) is 5.81. The van der Waals surface area contributed by atoms with Gasteiger partial charge in [-0.25, -0.2) is 4.98 Å². The van der Waals surface area contributed by atoms with Gasteiger partial charge >= 0.3 is 0 Å². The number of hydrogen-bond acceptors (Lipinski definition) is 4. The van der Waals surface area contributed by atoms with Crippen LogP contribution in [-0.4, -0.2) is 51.8 Å². The minimum absolute atomic E-state index is 0.0860. The average Bonchev–Trinajstić information content (AvgIpc) is 3.55. The quantitative estimate of drug-likeness (QED) is 0.637. The van der Waals surface area contributed by atoms with Gasteiger partial charge in [-0.15, -0.1) is 0 Å². The molecule has 1 saturated heterocycles. The smallest absolute Gasteiger partial charge is 0.254 e. The lowest BCUT2D eigenvalue weighted by Gasteiger charge is -2.37. The van der Waals surface area contributed by atoms with Gasteiger partial charge in [0.2, 0.25) is 0 Å². The van der Waals surface area contributed by atoms with Gasteiger partial charge in [0, 0.05) is 55.5 Å². The molecule has 2 fully saturated rings. The van der Waals surface area contributed by atoms with Crippen molar-refractivity contribution in [3.8, 4) is 0 Å². The number of fused-ring (bicyclic) bond motifs is 1. The number of halogens is 1. The van der Waals surface area contributed by atoms with E-state index in [1.54, 1.807) is 4.68 Å². The third kappa shape index (κ3) is 3.33. The number of hydrogen-bond donors (Lipinski definition) is 0. The SMILES string of the molecule is Cc1ccc(Cl)cc1N1CCN(C(=O)c2cc(C3CC3)nc3c2c(C)nn3C)CC1. The van der Waals surface area contributed by atoms with Gasteiger partial charge in [0.15, 0.2) is 5.65 Å². The Kier molecular flexibility index (Phi) is 4.69. The number of carbonyl (C=O) groups excluding carboxylic acids is 1. The Morgan fingerprint density at radius 3 is 2.53 bits per heavy atom. The molecule has 2 aromatic heterocycles. The van der Waals surface area contributed by atoms with Crippen LogP contribution >= 0.6 is 11.6 Å². The summed E-state index contributed by atoms with van der Waals surface area (Å²) in [7, 11) is 1.90. The maximum atomic E-state index is 13.6. The van der Waals surface area contributed by atoms with Gasteiger partial charge in [0.05, 0.1) is 16.6 Å². The Balaban J connectivity index is 1.42. The van der Waals surface area contributed by atoms with Crippen LogP contribution in [0.15, 0.2) is 24.3 Å². The molecule has 1 amide bonds. The normalized spacial score (nSPS) is 17.1. The topological polar surface area (TPSA) is 54.3 Å². The number of nitrogens with zero attached hydrogens (tertiary/aromatic N) is 5. The van der Waals surface area contributed by atoms with Gasteiger partial charge in [-0.2, -0.15) is 5.10 Å². The number of aromatic nitrogens is 3. The highest BCUT2D eigenvalue weighted by atomic mass is 35.5. The first-order valence-electron chi connectivity index (χ1n) is 10.6. The lowest BCUT2D eigenvalue weighted by molar-refractivity contribution is 0.0748. The van der Waals surface area contributed by atoms with Crippen LogP contribution < -0.4 is 4.90 Å². The molecule has 0 unspecified atom stereocenters. The second-order valence-corrected chi connectivity index (χ2v) is 8.92. The van der Waals surface area contributed by atoms with Crippen LogP contribution in [0.3, 0.4) is 0 Å². The van der Waals surface area contributed by atoms with Crippen molar-refractivity contribution in [1.29, 1.82) is 0 Å². The zero-order valence-electron chi connectivity index (χ0n) is 17.7. The van der Waals surface area contributed by atoms with Crippen molar-refractivity contribution in [2.24, 2.45) is 7.05 Å². The van der Waals surface area contributed by atoms with Gasteiger partial charge in [0.25, 0.3) is 5.91 Å². The zero-order valence-corrected chi connectivity index (χ0v) is 18.4. The third-order valence-electron chi connectivity index (χ3n) is 6.29. The molecule has 3 aromatic rings. The van der Waals surface area contributed by atoms with Crippen LogP contribution in [-0.2, 0) is 7.05 Å². The molecule has 7 heteroatoms. The van der Waals surface area contributed by atoms with E-state index in [2.05, 4.69) is 16.9 Å². The highest BCUT2D eigenvalue weighted by molar-refractivity contribution is 6.30. The minimum atomic E-state index is 0.0860. The maximum Gasteiger partial charge on any atom is 0.254 e. The van der Waals surface area contributed by atoms with E-state index in [9.17, 15) is 4.79 Å². The Labute approximate surface area is 181 Å². The summed E-state index contributed by atoms with van der Waals surface area (Å²) in [5.74, 6) is 0.571. The van der Waals surface area contributed by atoms with Crippen LogP contribution in [0.4, 0.5) is 5.69 Å². The van der Waals surface area contributed by atoms with Gasteiger partial charge in [-0.3, -0.25) is 9.48 Å². The Morgan fingerprint density at radius 2 is 1.83 bits per heavy atom. The zero-order chi connectivity index (χ0) is 21.0. The molecule has 3 heterocycles. The standard InChI is InChI=1S/C23H26ClN5O/c1-14-4-7-17(24)12-20(14)28-8-10-29(11-9-28)23(30)18-13-19(16-5-6-16)25-22-21(18)15(2)26-27(22)3/h4,7,12-13,16H,5-6,8-11H2,1-3H3. The second kappa shape index (κ2) is 7.27. The monoisotopic (exact) mass is 423 g/mol. The molecule has 1 aliphatic carbocycles. The maximum absolute atomic E-state index is 13.6. The Bertz CT molecular complexity index is 1140. The first-order valence-corrected chi connectivity index (χ1v) is 10.9. The summed E-state index contributed by atoms with van der Waals surface area (Å²) in [6, 6.07) is 8.00. The number of rotatable bonds is 3. The molecule has 156 valence electrons. The lowest BCUT2D eigenvalue weighted by Crippen LogP contribution is -2.49. The van der Waals surface area contributed by atoms with E-state index in [1.807, 2.05) is 43.1 Å². The van der Waals surface area contributed by atoms with E-state index in [0.29, 0.717) is 19.0 Å². The fraction of sp³-hybridized carbons (Fsp3) is 0.435. The van der Waals surface area contributed by atoms with Crippen molar-refractivity contribution in [3.05, 3.63) is 51.8 Å². The summed E-state index contributed by atoms with van der Waals surface area (Å²) in [6.45, 7) is 7.02. The summed E-state index contributed by atoms with van der Waals surface area (Å²) in [5, 5.41) is 6.16. The molecule has 0 N–H and O–H groups in total. The van der Waals surface area contributed by atoms with Crippen molar-refractivity contribution >= 4 is 34.2 Å². The molecular formula is C23H26ClN5O. The molecule has 0 bridgehead atoms. The highest BCUT2D eigenvalue weighted by Gasteiger charge is 2.30. The van der Waals surface area contributed by atoms with Crippen LogP contribution in [0.1, 0.15) is 46.1 Å².